The van der Waals surface area contributed by atoms with Crippen LogP contribution in [0.1, 0.15) is 30.5 Å². The predicted octanol–water partition coefficient (Wildman–Crippen LogP) is 2.93. The molecule has 0 amide bonds. The van der Waals surface area contributed by atoms with Gasteiger partial charge in [0.25, 0.3) is 0 Å². The molecule has 0 aromatic heterocycles. The van der Waals surface area contributed by atoms with Crippen LogP contribution in [0.25, 0.3) is 0 Å². The van der Waals surface area contributed by atoms with Crippen molar-refractivity contribution in [1.29, 1.82) is 0 Å². The van der Waals surface area contributed by atoms with Gasteiger partial charge in [0.2, 0.25) is 0 Å². The highest BCUT2D eigenvalue weighted by Gasteiger charge is 2.38. The van der Waals surface area contributed by atoms with Gasteiger partial charge in [-0.2, -0.15) is 13.2 Å². The van der Waals surface area contributed by atoms with E-state index >= 15 is 0 Å². The standard InChI is InChI=1S/C16H20F3NO3/c1-10(11-7-8-23-9-11)20-14(15(21)22-2)12-5-3-4-6-13(12)16(17,18)19/h3-6,10-11,14,20H,7-9H2,1-2H3. The van der Waals surface area contributed by atoms with Crippen LogP contribution in [0.5, 0.6) is 0 Å². The fraction of sp³-hybridized carbons (Fsp3) is 0.562. The molecule has 1 aliphatic rings. The molecule has 0 aliphatic carbocycles. The van der Waals surface area contributed by atoms with Crippen molar-refractivity contribution in [3.8, 4) is 0 Å². The number of methoxy groups -OCH3 is 1. The molecule has 1 aromatic carbocycles. The molecule has 0 spiro atoms. The first-order valence-electron chi connectivity index (χ1n) is 7.42. The van der Waals surface area contributed by atoms with E-state index in [4.69, 9.17) is 9.47 Å². The summed E-state index contributed by atoms with van der Waals surface area (Å²) in [6.07, 6.45) is -3.73. The SMILES string of the molecule is COC(=O)C(NC(C)C1CCOC1)c1ccccc1C(F)(F)F. The Morgan fingerprint density at radius 2 is 2.09 bits per heavy atom. The van der Waals surface area contributed by atoms with Gasteiger partial charge in [-0.1, -0.05) is 18.2 Å². The zero-order chi connectivity index (χ0) is 17.0. The van der Waals surface area contributed by atoms with Gasteiger partial charge in [0.1, 0.15) is 6.04 Å². The number of rotatable bonds is 5. The van der Waals surface area contributed by atoms with E-state index in [-0.39, 0.29) is 17.5 Å². The molecular weight excluding hydrogens is 311 g/mol. The average Bonchev–Trinajstić information content (AvgIpc) is 3.05. The summed E-state index contributed by atoms with van der Waals surface area (Å²) in [6, 6.07) is 3.70. The number of carbonyl (C=O) groups is 1. The van der Waals surface area contributed by atoms with Crippen LogP contribution < -0.4 is 5.32 Å². The lowest BCUT2D eigenvalue weighted by atomic mass is 9.95. The van der Waals surface area contributed by atoms with Gasteiger partial charge >= 0.3 is 12.1 Å². The Kier molecular flexibility index (Phi) is 5.64. The van der Waals surface area contributed by atoms with Crippen LogP contribution in [-0.4, -0.2) is 32.3 Å². The number of nitrogens with one attached hydrogen (secondary N) is 1. The van der Waals surface area contributed by atoms with Crippen molar-refractivity contribution in [3.05, 3.63) is 35.4 Å². The van der Waals surface area contributed by atoms with E-state index in [0.29, 0.717) is 13.2 Å². The Hall–Kier alpha value is -1.60. The Morgan fingerprint density at radius 1 is 1.39 bits per heavy atom. The quantitative estimate of drug-likeness (QED) is 0.843. The van der Waals surface area contributed by atoms with Crippen molar-refractivity contribution >= 4 is 5.97 Å². The Morgan fingerprint density at radius 3 is 2.65 bits per heavy atom. The number of carbonyl (C=O) groups excluding carboxylic acids is 1. The van der Waals surface area contributed by atoms with E-state index in [0.717, 1.165) is 19.6 Å². The van der Waals surface area contributed by atoms with Crippen LogP contribution in [0.2, 0.25) is 0 Å². The van der Waals surface area contributed by atoms with Gasteiger partial charge in [-0.25, -0.2) is 4.79 Å². The Balaban J connectivity index is 2.30. The second kappa shape index (κ2) is 7.31. The van der Waals surface area contributed by atoms with E-state index in [1.807, 2.05) is 6.92 Å². The van der Waals surface area contributed by atoms with Gasteiger partial charge in [-0.15, -0.1) is 0 Å². The molecule has 3 atom stereocenters. The van der Waals surface area contributed by atoms with Gasteiger partial charge in [0.05, 0.1) is 19.3 Å². The van der Waals surface area contributed by atoms with Crippen LogP contribution in [0.4, 0.5) is 13.2 Å². The second-order valence-corrected chi connectivity index (χ2v) is 5.62. The molecule has 4 nitrogen and oxygen atoms in total. The summed E-state index contributed by atoms with van der Waals surface area (Å²) in [5, 5.41) is 2.98. The molecule has 0 saturated carbocycles. The van der Waals surface area contributed by atoms with Crippen LogP contribution >= 0.6 is 0 Å². The van der Waals surface area contributed by atoms with E-state index < -0.39 is 23.8 Å². The molecule has 3 unspecified atom stereocenters. The van der Waals surface area contributed by atoms with E-state index in [1.165, 1.54) is 18.2 Å². The third kappa shape index (κ3) is 4.23. The minimum atomic E-state index is -4.54. The van der Waals surface area contributed by atoms with Crippen molar-refractivity contribution in [2.75, 3.05) is 20.3 Å². The first kappa shape index (κ1) is 17.7. The number of ether oxygens (including phenoxy) is 2. The van der Waals surface area contributed by atoms with Gasteiger partial charge in [-0.3, -0.25) is 5.32 Å². The van der Waals surface area contributed by atoms with Crippen LogP contribution in [0, 0.1) is 5.92 Å². The minimum absolute atomic E-state index is 0.127. The van der Waals surface area contributed by atoms with Gasteiger partial charge < -0.3 is 9.47 Å². The topological polar surface area (TPSA) is 47.6 Å². The van der Waals surface area contributed by atoms with Crippen molar-refractivity contribution in [2.45, 2.75) is 31.6 Å². The molecule has 1 heterocycles. The average molecular weight is 331 g/mol. The predicted molar refractivity (Wildman–Crippen MR) is 77.7 cm³/mol. The van der Waals surface area contributed by atoms with Crippen molar-refractivity contribution in [3.63, 3.8) is 0 Å². The maximum atomic E-state index is 13.2. The number of esters is 1. The highest BCUT2D eigenvalue weighted by Crippen LogP contribution is 2.35. The molecule has 2 rings (SSSR count). The molecular formula is C16H20F3NO3. The summed E-state index contributed by atoms with van der Waals surface area (Å²) in [6.45, 7) is 2.99. The number of hydrogen-bond acceptors (Lipinski definition) is 4. The summed E-state index contributed by atoms with van der Waals surface area (Å²) in [7, 11) is 1.16. The van der Waals surface area contributed by atoms with E-state index in [9.17, 15) is 18.0 Å². The van der Waals surface area contributed by atoms with Gasteiger partial charge in [0.15, 0.2) is 0 Å². The highest BCUT2D eigenvalue weighted by atomic mass is 19.4. The molecule has 23 heavy (non-hydrogen) atoms. The van der Waals surface area contributed by atoms with Crippen molar-refractivity contribution < 1.29 is 27.4 Å². The largest absolute Gasteiger partial charge is 0.468 e. The first-order chi connectivity index (χ1) is 10.8. The Bertz CT molecular complexity index is 542. The maximum absolute atomic E-state index is 13.2. The van der Waals surface area contributed by atoms with Crippen LogP contribution in [0.3, 0.4) is 0 Å². The maximum Gasteiger partial charge on any atom is 0.416 e. The number of hydrogen-bond donors (Lipinski definition) is 1. The minimum Gasteiger partial charge on any atom is -0.468 e. The van der Waals surface area contributed by atoms with Crippen molar-refractivity contribution in [2.24, 2.45) is 5.92 Å². The van der Waals surface area contributed by atoms with E-state index in [2.05, 4.69) is 5.32 Å². The molecule has 1 saturated heterocycles. The van der Waals surface area contributed by atoms with Gasteiger partial charge in [0, 0.05) is 12.6 Å². The first-order valence-corrected chi connectivity index (χ1v) is 7.42. The highest BCUT2D eigenvalue weighted by molar-refractivity contribution is 5.78. The normalized spacial score (nSPS) is 21.0. The van der Waals surface area contributed by atoms with Crippen LogP contribution in [0.15, 0.2) is 24.3 Å². The molecule has 0 radical (unpaired) electrons. The number of alkyl halides is 3. The molecule has 1 fully saturated rings. The molecule has 1 N–H and O–H groups in total. The second-order valence-electron chi connectivity index (χ2n) is 5.62. The lowest BCUT2D eigenvalue weighted by molar-refractivity contribution is -0.145. The molecule has 1 aliphatic heterocycles. The van der Waals surface area contributed by atoms with E-state index in [1.54, 1.807) is 0 Å². The third-order valence-corrected chi connectivity index (χ3v) is 4.12. The Labute approximate surface area is 133 Å². The monoisotopic (exact) mass is 331 g/mol. The van der Waals surface area contributed by atoms with Crippen molar-refractivity contribution in [1.82, 2.24) is 5.32 Å². The third-order valence-electron chi connectivity index (χ3n) is 4.12. The molecule has 1 aromatic rings. The zero-order valence-electron chi connectivity index (χ0n) is 13.0. The zero-order valence-corrected chi connectivity index (χ0v) is 13.0. The summed E-state index contributed by atoms with van der Waals surface area (Å²) in [5.41, 5.74) is -0.963. The number of benzene rings is 1. The fourth-order valence-electron chi connectivity index (χ4n) is 2.76. The number of halogens is 3. The summed E-state index contributed by atoms with van der Waals surface area (Å²) < 4.78 is 49.6. The smallest absolute Gasteiger partial charge is 0.416 e. The van der Waals surface area contributed by atoms with Crippen LogP contribution in [-0.2, 0) is 20.4 Å². The fourth-order valence-corrected chi connectivity index (χ4v) is 2.76. The lowest BCUT2D eigenvalue weighted by Gasteiger charge is -2.27. The summed E-state index contributed by atoms with van der Waals surface area (Å²) in [4.78, 5) is 12.1. The van der Waals surface area contributed by atoms with Gasteiger partial charge in [-0.05, 0) is 30.9 Å². The lowest BCUT2D eigenvalue weighted by Crippen LogP contribution is -2.41. The summed E-state index contributed by atoms with van der Waals surface area (Å²) in [5.74, 6) is -0.590. The molecule has 7 heteroatoms. The molecule has 0 bridgehead atoms. The summed E-state index contributed by atoms with van der Waals surface area (Å²) >= 11 is 0. The molecule has 128 valence electrons.